The quantitative estimate of drug-likeness (QED) is 0.201. The van der Waals surface area contributed by atoms with Gasteiger partial charge >= 0.3 is 0 Å². The molecule has 0 bridgehead atoms. The van der Waals surface area contributed by atoms with E-state index in [-0.39, 0.29) is 0 Å². The van der Waals surface area contributed by atoms with Gasteiger partial charge in [-0.25, -0.2) is 0 Å². The van der Waals surface area contributed by atoms with Crippen molar-refractivity contribution < 1.29 is 8.83 Å². The molecule has 0 radical (unpaired) electrons. The van der Waals surface area contributed by atoms with Crippen molar-refractivity contribution in [2.45, 2.75) is 0 Å². The third-order valence-electron chi connectivity index (χ3n) is 9.39. The van der Waals surface area contributed by atoms with E-state index >= 15 is 0 Å². The van der Waals surface area contributed by atoms with Gasteiger partial charge < -0.3 is 13.7 Å². The van der Waals surface area contributed by atoms with Gasteiger partial charge in [0.25, 0.3) is 0 Å². The van der Waals surface area contributed by atoms with E-state index in [0.717, 1.165) is 82.8 Å². The molecule has 0 unspecified atom stereocenters. The molecule has 0 saturated carbocycles. The molecule has 0 aliphatic carbocycles. The van der Waals surface area contributed by atoms with Crippen LogP contribution in [0.25, 0.3) is 76.5 Å². The van der Waals surface area contributed by atoms with Crippen LogP contribution in [0.1, 0.15) is 0 Å². The standard InChI is InChI=1S/C44H27NO2/c1-2-11-33(12-3-1)45(35-20-17-31-27-43-40(25-32(31)24-35)37-15-6-7-16-41(37)46-43)34-13-8-10-29(23-34)30-19-21-38-39-22-18-28-9-4-5-14-36(28)44(39)47-42(38)26-30/h1-27H. The summed E-state index contributed by atoms with van der Waals surface area (Å²) in [6, 6.07) is 58.0. The van der Waals surface area contributed by atoms with Crippen LogP contribution in [-0.2, 0) is 0 Å². The lowest BCUT2D eigenvalue weighted by molar-refractivity contribution is 0.669. The van der Waals surface area contributed by atoms with Gasteiger partial charge in [-0.2, -0.15) is 0 Å². The Labute approximate surface area is 270 Å². The van der Waals surface area contributed by atoms with Gasteiger partial charge in [0.15, 0.2) is 0 Å². The second kappa shape index (κ2) is 10.1. The fraction of sp³-hybridized carbons (Fsp3) is 0. The van der Waals surface area contributed by atoms with Crippen LogP contribution < -0.4 is 4.90 Å². The largest absolute Gasteiger partial charge is 0.456 e. The molecule has 0 saturated heterocycles. The third kappa shape index (κ3) is 4.14. The smallest absolute Gasteiger partial charge is 0.143 e. The lowest BCUT2D eigenvalue weighted by Crippen LogP contribution is -2.09. The maximum Gasteiger partial charge on any atom is 0.143 e. The summed E-state index contributed by atoms with van der Waals surface area (Å²) >= 11 is 0. The molecule has 0 amide bonds. The van der Waals surface area contributed by atoms with Crippen LogP contribution in [-0.4, -0.2) is 0 Å². The molecule has 2 heterocycles. The number of anilines is 3. The van der Waals surface area contributed by atoms with Crippen LogP contribution in [0.4, 0.5) is 17.1 Å². The lowest BCUT2D eigenvalue weighted by Gasteiger charge is -2.26. The number of hydrogen-bond acceptors (Lipinski definition) is 3. The molecule has 8 aromatic carbocycles. The summed E-state index contributed by atoms with van der Waals surface area (Å²) in [5.41, 5.74) is 9.17. The van der Waals surface area contributed by atoms with Crippen LogP contribution >= 0.6 is 0 Å². The number of furan rings is 2. The molecule has 0 spiro atoms. The first-order chi connectivity index (χ1) is 23.3. The minimum Gasteiger partial charge on any atom is -0.456 e. The van der Waals surface area contributed by atoms with Gasteiger partial charge in [-0.05, 0) is 100 Å². The molecule has 0 fully saturated rings. The highest BCUT2D eigenvalue weighted by atomic mass is 16.3. The van der Waals surface area contributed by atoms with Crippen LogP contribution in [0.2, 0.25) is 0 Å². The normalized spacial score (nSPS) is 11.8. The molecule has 2 aromatic heterocycles. The van der Waals surface area contributed by atoms with E-state index in [2.05, 4.69) is 157 Å². The Morgan fingerprint density at radius 2 is 1.02 bits per heavy atom. The predicted octanol–water partition coefficient (Wildman–Crippen LogP) is 12.9. The SMILES string of the molecule is c1ccc(N(c2cccc(-c3ccc4c(c3)oc3c5ccccc5ccc43)c2)c2ccc3cc4oc5ccccc5c4cc3c2)cc1. The Hall–Kier alpha value is -6.32. The van der Waals surface area contributed by atoms with Crippen molar-refractivity contribution in [3.05, 3.63) is 164 Å². The van der Waals surface area contributed by atoms with Crippen LogP contribution in [0.3, 0.4) is 0 Å². The average Bonchev–Trinajstić information content (AvgIpc) is 3.69. The van der Waals surface area contributed by atoms with Crippen molar-refractivity contribution in [3.63, 3.8) is 0 Å². The molecule has 220 valence electrons. The van der Waals surface area contributed by atoms with Crippen LogP contribution in [0.5, 0.6) is 0 Å². The first-order valence-electron chi connectivity index (χ1n) is 15.9. The number of hydrogen-bond donors (Lipinski definition) is 0. The lowest BCUT2D eigenvalue weighted by atomic mass is 10.0. The van der Waals surface area contributed by atoms with E-state index in [1.54, 1.807) is 0 Å². The summed E-state index contributed by atoms with van der Waals surface area (Å²) in [5, 5.41) is 9.18. The second-order valence-corrected chi connectivity index (χ2v) is 12.2. The number of para-hydroxylation sites is 2. The first kappa shape index (κ1) is 26.0. The van der Waals surface area contributed by atoms with Crippen molar-refractivity contribution in [1.82, 2.24) is 0 Å². The maximum absolute atomic E-state index is 6.52. The maximum atomic E-state index is 6.52. The van der Waals surface area contributed by atoms with Crippen molar-refractivity contribution in [2.75, 3.05) is 4.90 Å². The average molecular weight is 602 g/mol. The van der Waals surface area contributed by atoms with Crippen LogP contribution in [0, 0.1) is 0 Å². The molecule has 3 nitrogen and oxygen atoms in total. The predicted molar refractivity (Wildman–Crippen MR) is 196 cm³/mol. The molecular formula is C44H27NO2. The molecule has 0 N–H and O–H groups in total. The van der Waals surface area contributed by atoms with E-state index in [0.29, 0.717) is 0 Å². The van der Waals surface area contributed by atoms with E-state index in [9.17, 15) is 0 Å². The Balaban J connectivity index is 1.11. The van der Waals surface area contributed by atoms with E-state index in [1.807, 2.05) is 12.1 Å². The highest BCUT2D eigenvalue weighted by Gasteiger charge is 2.16. The van der Waals surface area contributed by atoms with Crippen molar-refractivity contribution in [3.8, 4) is 11.1 Å². The zero-order valence-electron chi connectivity index (χ0n) is 25.4. The van der Waals surface area contributed by atoms with E-state index in [1.165, 1.54) is 10.8 Å². The van der Waals surface area contributed by atoms with Gasteiger partial charge in [-0.15, -0.1) is 0 Å². The number of fused-ring (bicyclic) bond motifs is 9. The van der Waals surface area contributed by atoms with E-state index < -0.39 is 0 Å². The Bertz CT molecular complexity index is 2810. The molecular weight excluding hydrogens is 574 g/mol. The fourth-order valence-corrected chi connectivity index (χ4v) is 7.13. The Kier molecular flexibility index (Phi) is 5.57. The van der Waals surface area contributed by atoms with Gasteiger partial charge in [0.05, 0.1) is 0 Å². The zero-order valence-corrected chi connectivity index (χ0v) is 25.4. The minimum absolute atomic E-state index is 0.895. The zero-order chi connectivity index (χ0) is 30.9. The van der Waals surface area contributed by atoms with Gasteiger partial charge in [0, 0.05) is 44.0 Å². The summed E-state index contributed by atoms with van der Waals surface area (Å²) in [5.74, 6) is 0. The fourth-order valence-electron chi connectivity index (χ4n) is 7.13. The highest BCUT2D eigenvalue weighted by Crippen LogP contribution is 2.41. The number of benzene rings is 8. The molecule has 47 heavy (non-hydrogen) atoms. The molecule has 3 heteroatoms. The third-order valence-corrected chi connectivity index (χ3v) is 9.39. The second-order valence-electron chi connectivity index (χ2n) is 12.2. The summed E-state index contributed by atoms with van der Waals surface area (Å²) in [7, 11) is 0. The highest BCUT2D eigenvalue weighted by molar-refractivity contribution is 6.15. The van der Waals surface area contributed by atoms with Crippen LogP contribution in [0.15, 0.2) is 173 Å². The van der Waals surface area contributed by atoms with Gasteiger partial charge in [-0.3, -0.25) is 0 Å². The number of rotatable bonds is 4. The van der Waals surface area contributed by atoms with Gasteiger partial charge in [0.1, 0.15) is 22.3 Å². The summed E-state index contributed by atoms with van der Waals surface area (Å²) in [4.78, 5) is 2.33. The van der Waals surface area contributed by atoms with Crippen molar-refractivity contribution >= 4 is 82.5 Å². The van der Waals surface area contributed by atoms with Gasteiger partial charge in [-0.1, -0.05) is 91.0 Å². The molecule has 0 atom stereocenters. The summed E-state index contributed by atoms with van der Waals surface area (Å²) < 4.78 is 12.7. The van der Waals surface area contributed by atoms with Crippen molar-refractivity contribution in [2.24, 2.45) is 0 Å². The summed E-state index contributed by atoms with van der Waals surface area (Å²) in [6.45, 7) is 0. The molecule has 0 aliphatic heterocycles. The number of nitrogens with zero attached hydrogens (tertiary/aromatic N) is 1. The molecule has 10 rings (SSSR count). The Morgan fingerprint density at radius 3 is 1.96 bits per heavy atom. The molecule has 0 aliphatic rings. The molecule has 10 aromatic rings. The minimum atomic E-state index is 0.895. The van der Waals surface area contributed by atoms with E-state index in [4.69, 9.17) is 8.83 Å². The van der Waals surface area contributed by atoms with Gasteiger partial charge in [0.2, 0.25) is 0 Å². The summed E-state index contributed by atoms with van der Waals surface area (Å²) in [6.07, 6.45) is 0. The van der Waals surface area contributed by atoms with Crippen molar-refractivity contribution in [1.29, 1.82) is 0 Å². The monoisotopic (exact) mass is 601 g/mol. The topological polar surface area (TPSA) is 29.5 Å². The Morgan fingerprint density at radius 1 is 0.319 bits per heavy atom. The first-order valence-corrected chi connectivity index (χ1v) is 15.9.